The Morgan fingerprint density at radius 1 is 1.50 bits per heavy atom. The van der Waals surface area contributed by atoms with Crippen molar-refractivity contribution in [1.82, 2.24) is 4.90 Å². The summed E-state index contributed by atoms with van der Waals surface area (Å²) >= 11 is 0. The summed E-state index contributed by atoms with van der Waals surface area (Å²) in [5.41, 5.74) is 5.08. The lowest BCUT2D eigenvalue weighted by molar-refractivity contribution is -0.145. The fourth-order valence-corrected chi connectivity index (χ4v) is 1.40. The number of carboxylic acids is 1. The number of rotatable bonds is 9. The zero-order valence-electron chi connectivity index (χ0n) is 9.81. The molecule has 0 bridgehead atoms. The summed E-state index contributed by atoms with van der Waals surface area (Å²) < 4.78 is 4.83. The van der Waals surface area contributed by atoms with Crippen molar-refractivity contribution in [3.63, 3.8) is 0 Å². The van der Waals surface area contributed by atoms with Gasteiger partial charge in [-0.2, -0.15) is 0 Å². The number of carbonyl (C=O) groups is 2. The second-order valence-corrected chi connectivity index (χ2v) is 3.60. The van der Waals surface area contributed by atoms with Crippen molar-refractivity contribution in [2.45, 2.75) is 25.8 Å². The van der Waals surface area contributed by atoms with Crippen LogP contribution in [0.5, 0.6) is 0 Å². The number of carboxylic acid groups (broad SMARTS) is 1. The average molecular weight is 232 g/mol. The Bertz CT molecular complexity index is 233. The standard InChI is InChI=1S/C10H20N2O4/c1-3-4-5-12(6-9(11)13)8(7-16-2)10(14)15/h8H,3-7H2,1-2H3,(H2,11,13)(H,14,15). The number of nitrogens with two attached hydrogens (primary N) is 1. The number of carbonyl (C=O) groups excluding carboxylic acids is 1. The molecule has 16 heavy (non-hydrogen) atoms. The van der Waals surface area contributed by atoms with Crippen LogP contribution in [0.4, 0.5) is 0 Å². The highest BCUT2D eigenvalue weighted by Crippen LogP contribution is 2.03. The monoisotopic (exact) mass is 232 g/mol. The third kappa shape index (κ3) is 5.67. The van der Waals surface area contributed by atoms with E-state index in [0.717, 1.165) is 12.8 Å². The maximum Gasteiger partial charge on any atom is 0.323 e. The Morgan fingerprint density at radius 2 is 2.12 bits per heavy atom. The van der Waals surface area contributed by atoms with Gasteiger partial charge in [0.25, 0.3) is 0 Å². The number of nitrogens with zero attached hydrogens (tertiary/aromatic N) is 1. The first kappa shape index (κ1) is 14.9. The Balaban J connectivity index is 4.52. The molecule has 0 saturated heterocycles. The molecular formula is C10H20N2O4. The van der Waals surface area contributed by atoms with Gasteiger partial charge in [-0.25, -0.2) is 0 Å². The summed E-state index contributed by atoms with van der Waals surface area (Å²) in [6.07, 6.45) is 1.75. The van der Waals surface area contributed by atoms with E-state index in [-0.39, 0.29) is 13.2 Å². The van der Waals surface area contributed by atoms with Crippen molar-refractivity contribution in [3.8, 4) is 0 Å². The van der Waals surface area contributed by atoms with Crippen LogP contribution < -0.4 is 5.73 Å². The number of hydrogen-bond acceptors (Lipinski definition) is 4. The quantitative estimate of drug-likeness (QED) is 0.568. The molecule has 1 unspecified atom stereocenters. The van der Waals surface area contributed by atoms with Crippen LogP contribution in [0, 0.1) is 0 Å². The number of aliphatic carboxylic acids is 1. The summed E-state index contributed by atoms with van der Waals surface area (Å²) in [5, 5.41) is 9.01. The third-order valence-electron chi connectivity index (χ3n) is 2.21. The van der Waals surface area contributed by atoms with Crippen LogP contribution in [-0.4, -0.2) is 54.7 Å². The summed E-state index contributed by atoms with van der Waals surface area (Å²) in [4.78, 5) is 23.4. The van der Waals surface area contributed by atoms with E-state index in [9.17, 15) is 9.59 Å². The number of amides is 1. The summed E-state index contributed by atoms with van der Waals surface area (Å²) in [5.74, 6) is -1.53. The second kappa shape index (κ2) is 8.06. The van der Waals surface area contributed by atoms with Gasteiger partial charge in [-0.15, -0.1) is 0 Å². The molecule has 0 aliphatic carbocycles. The first-order valence-corrected chi connectivity index (χ1v) is 5.27. The molecule has 6 heteroatoms. The molecule has 0 spiro atoms. The zero-order valence-corrected chi connectivity index (χ0v) is 9.81. The number of ether oxygens (including phenoxy) is 1. The van der Waals surface area contributed by atoms with Crippen molar-refractivity contribution in [2.75, 3.05) is 26.8 Å². The highest BCUT2D eigenvalue weighted by Gasteiger charge is 2.26. The molecule has 0 aliphatic rings. The molecule has 3 N–H and O–H groups in total. The lowest BCUT2D eigenvalue weighted by Gasteiger charge is -2.26. The van der Waals surface area contributed by atoms with E-state index in [1.807, 2.05) is 6.92 Å². The summed E-state index contributed by atoms with van der Waals surface area (Å²) in [7, 11) is 1.43. The van der Waals surface area contributed by atoms with Crippen LogP contribution in [-0.2, 0) is 14.3 Å². The van der Waals surface area contributed by atoms with E-state index >= 15 is 0 Å². The molecule has 1 atom stereocenters. The fraction of sp³-hybridized carbons (Fsp3) is 0.800. The molecule has 0 saturated carbocycles. The Hall–Kier alpha value is -1.14. The lowest BCUT2D eigenvalue weighted by atomic mass is 10.2. The first-order valence-electron chi connectivity index (χ1n) is 5.27. The topological polar surface area (TPSA) is 92.9 Å². The van der Waals surface area contributed by atoms with Gasteiger partial charge in [0, 0.05) is 7.11 Å². The van der Waals surface area contributed by atoms with Crippen LogP contribution in [0.3, 0.4) is 0 Å². The van der Waals surface area contributed by atoms with E-state index in [0.29, 0.717) is 6.54 Å². The van der Waals surface area contributed by atoms with Crippen molar-refractivity contribution in [1.29, 1.82) is 0 Å². The maximum absolute atomic E-state index is 11.0. The van der Waals surface area contributed by atoms with Crippen LogP contribution in [0.25, 0.3) is 0 Å². The summed E-state index contributed by atoms with van der Waals surface area (Å²) in [6.45, 7) is 2.51. The lowest BCUT2D eigenvalue weighted by Crippen LogP contribution is -2.48. The highest BCUT2D eigenvalue weighted by atomic mass is 16.5. The molecule has 0 rings (SSSR count). The minimum Gasteiger partial charge on any atom is -0.480 e. The van der Waals surface area contributed by atoms with E-state index in [1.165, 1.54) is 12.0 Å². The van der Waals surface area contributed by atoms with Gasteiger partial charge < -0.3 is 15.6 Å². The Kier molecular flexibility index (Phi) is 7.49. The molecule has 0 heterocycles. The third-order valence-corrected chi connectivity index (χ3v) is 2.21. The van der Waals surface area contributed by atoms with E-state index in [1.54, 1.807) is 0 Å². The van der Waals surface area contributed by atoms with Crippen molar-refractivity contribution >= 4 is 11.9 Å². The highest BCUT2D eigenvalue weighted by molar-refractivity contribution is 5.78. The van der Waals surface area contributed by atoms with Gasteiger partial charge in [0.2, 0.25) is 5.91 Å². The molecule has 0 aromatic heterocycles. The maximum atomic E-state index is 11.0. The normalized spacial score (nSPS) is 12.7. The molecule has 0 aromatic carbocycles. The van der Waals surface area contributed by atoms with Gasteiger partial charge in [0.05, 0.1) is 13.2 Å². The minimum absolute atomic E-state index is 0.0479. The van der Waals surface area contributed by atoms with Gasteiger partial charge in [0.1, 0.15) is 6.04 Å². The SMILES string of the molecule is CCCCN(CC(N)=O)C(COC)C(=O)O. The molecular weight excluding hydrogens is 212 g/mol. The summed E-state index contributed by atoms with van der Waals surface area (Å²) in [6, 6.07) is -0.816. The fourth-order valence-electron chi connectivity index (χ4n) is 1.40. The predicted molar refractivity (Wildman–Crippen MR) is 59.0 cm³/mol. The number of hydrogen-bond donors (Lipinski definition) is 2. The van der Waals surface area contributed by atoms with Gasteiger partial charge in [0.15, 0.2) is 0 Å². The number of unbranched alkanes of at least 4 members (excludes halogenated alkanes) is 1. The molecule has 6 nitrogen and oxygen atoms in total. The van der Waals surface area contributed by atoms with Crippen LogP contribution in [0.15, 0.2) is 0 Å². The van der Waals surface area contributed by atoms with Crippen LogP contribution in [0.2, 0.25) is 0 Å². The van der Waals surface area contributed by atoms with Crippen LogP contribution in [0.1, 0.15) is 19.8 Å². The smallest absolute Gasteiger partial charge is 0.323 e. The molecule has 0 fully saturated rings. The van der Waals surface area contributed by atoms with Gasteiger partial charge in [-0.3, -0.25) is 14.5 Å². The molecule has 0 aliphatic heterocycles. The Labute approximate surface area is 95.4 Å². The molecule has 94 valence electrons. The van der Waals surface area contributed by atoms with Crippen molar-refractivity contribution < 1.29 is 19.4 Å². The van der Waals surface area contributed by atoms with Crippen molar-refractivity contribution in [3.05, 3.63) is 0 Å². The molecule has 0 radical (unpaired) electrons. The van der Waals surface area contributed by atoms with Crippen molar-refractivity contribution in [2.24, 2.45) is 5.73 Å². The van der Waals surface area contributed by atoms with E-state index < -0.39 is 17.9 Å². The largest absolute Gasteiger partial charge is 0.480 e. The predicted octanol–water partition coefficient (Wildman–Crippen LogP) is -0.327. The van der Waals surface area contributed by atoms with Gasteiger partial charge in [-0.05, 0) is 13.0 Å². The molecule has 1 amide bonds. The van der Waals surface area contributed by atoms with Gasteiger partial charge >= 0.3 is 5.97 Å². The second-order valence-electron chi connectivity index (χ2n) is 3.60. The van der Waals surface area contributed by atoms with E-state index in [4.69, 9.17) is 15.6 Å². The van der Waals surface area contributed by atoms with Gasteiger partial charge in [-0.1, -0.05) is 13.3 Å². The minimum atomic E-state index is -1.00. The first-order chi connectivity index (χ1) is 7.52. The Morgan fingerprint density at radius 3 is 2.50 bits per heavy atom. The molecule has 0 aromatic rings. The van der Waals surface area contributed by atoms with E-state index in [2.05, 4.69) is 0 Å². The average Bonchev–Trinajstić information content (AvgIpc) is 2.20. The van der Waals surface area contributed by atoms with Crippen LogP contribution >= 0.6 is 0 Å². The zero-order chi connectivity index (χ0) is 12.6. The number of methoxy groups -OCH3 is 1. The number of primary amides is 1.